The average Bonchev–Trinajstić information content (AvgIpc) is 4.13. The first kappa shape index (κ1) is 81.3. The molecule has 20 nitrogen and oxygen atoms in total. The highest BCUT2D eigenvalue weighted by molar-refractivity contribution is 7.18. The highest BCUT2D eigenvalue weighted by Crippen LogP contribution is 2.25. The van der Waals surface area contributed by atoms with Crippen molar-refractivity contribution in [2.75, 3.05) is 105 Å². The zero-order valence-electron chi connectivity index (χ0n) is 53.6. The van der Waals surface area contributed by atoms with Crippen LogP contribution in [0.25, 0.3) is 0 Å². The Bertz CT molecular complexity index is 1670. The maximum absolute atomic E-state index is 14.2. The molecule has 0 saturated heterocycles. The number of furan rings is 2. The number of carbonyl (C=O) groups is 1. The number of hydrogen-bond donors (Lipinski definition) is 1. The Hall–Kier alpha value is -1.72. The molecule has 0 aromatic carbocycles. The molecule has 0 spiro atoms. The molecule has 0 radical (unpaired) electrons. The molecular formula is C54H113ClN4O16Si6. The first-order valence-corrected chi connectivity index (χ1v) is 45.5. The molecular weight excluding hydrogens is 1160 g/mol. The lowest BCUT2D eigenvalue weighted by atomic mass is 10.3. The molecule has 0 fully saturated rings. The number of aliphatic imine (C=N–C) groups is 1. The summed E-state index contributed by atoms with van der Waals surface area (Å²) in [5.41, 5.74) is 0. The Labute approximate surface area is 501 Å². The summed E-state index contributed by atoms with van der Waals surface area (Å²) in [5, 5.41) is 3.49. The van der Waals surface area contributed by atoms with Gasteiger partial charge in [-0.05, 0) is 146 Å². The van der Waals surface area contributed by atoms with E-state index < -0.39 is 50.8 Å². The van der Waals surface area contributed by atoms with Crippen LogP contribution in [-0.4, -0.2) is 178 Å². The summed E-state index contributed by atoms with van der Waals surface area (Å²) in [6.45, 7) is 47.1. The molecule has 0 saturated carbocycles. The van der Waals surface area contributed by atoms with Gasteiger partial charge in [-0.1, -0.05) is 39.3 Å². The van der Waals surface area contributed by atoms with E-state index in [0.717, 1.165) is 43.8 Å². The fraction of sp³-hybridized carbons (Fsp3) is 0.815. The number of amides is 2. The number of hydrogen-bond acceptors (Lipinski definition) is 18. The van der Waals surface area contributed by atoms with Crippen LogP contribution in [0.15, 0.2) is 50.6 Å². The Balaban J connectivity index is 0. The SMILES string of the molecule is CCO[Si](CCCN(CCC[Si](OCC)(OCC)OCC)C(=O)N(Cc1ccco1)[Si](C)(C)C)(OCC)OCC.CCO[Si](CCCNCCC[Si](OCC)(OCC)OCC)(OCC)OCC.C[Si](C)(C)Cl.O=C=NCc1ccco1. The van der Waals surface area contributed by atoms with Gasteiger partial charge in [0.25, 0.3) is 0 Å². The lowest BCUT2D eigenvalue weighted by Crippen LogP contribution is -2.55. The van der Waals surface area contributed by atoms with Crippen LogP contribution in [0, 0.1) is 0 Å². The van der Waals surface area contributed by atoms with Crippen molar-refractivity contribution in [1.29, 1.82) is 0 Å². The van der Waals surface area contributed by atoms with Crippen LogP contribution in [0.3, 0.4) is 0 Å². The van der Waals surface area contributed by atoms with Gasteiger partial charge in [0, 0.05) is 117 Å². The monoisotopic (exact) mass is 1280 g/mol. The quantitative estimate of drug-likeness (QED) is 0.0215. The second kappa shape index (κ2) is 48.4. The molecule has 0 aliphatic carbocycles. The summed E-state index contributed by atoms with van der Waals surface area (Å²) in [4.78, 5) is 29.0. The molecule has 2 rings (SSSR count). The second-order valence-electron chi connectivity index (χ2n) is 19.8. The Morgan fingerprint density at radius 3 is 1.04 bits per heavy atom. The van der Waals surface area contributed by atoms with E-state index in [9.17, 15) is 9.59 Å². The van der Waals surface area contributed by atoms with Crippen LogP contribution >= 0.6 is 11.1 Å². The van der Waals surface area contributed by atoms with E-state index >= 15 is 0 Å². The number of nitrogens with one attached hydrogen (secondary N) is 1. The van der Waals surface area contributed by atoms with E-state index in [1.807, 2.05) is 105 Å². The van der Waals surface area contributed by atoms with Crippen LogP contribution in [0.4, 0.5) is 4.79 Å². The molecule has 0 unspecified atom stereocenters. The third-order valence-electron chi connectivity index (χ3n) is 11.0. The van der Waals surface area contributed by atoms with E-state index in [1.165, 1.54) is 12.3 Å². The van der Waals surface area contributed by atoms with E-state index in [2.05, 4.69) is 49.6 Å². The normalized spacial score (nSPS) is 12.1. The summed E-state index contributed by atoms with van der Waals surface area (Å²) in [5.74, 6) is 1.46. The number of rotatable bonds is 45. The van der Waals surface area contributed by atoms with E-state index in [0.29, 0.717) is 130 Å². The molecule has 27 heteroatoms. The molecule has 0 aliphatic heterocycles. The van der Waals surface area contributed by atoms with E-state index in [4.69, 9.17) is 73.0 Å². The Morgan fingerprint density at radius 1 is 0.506 bits per heavy atom. The smallest absolute Gasteiger partial charge is 0.467 e. The van der Waals surface area contributed by atoms with Gasteiger partial charge in [-0.3, -0.25) is 0 Å². The minimum absolute atomic E-state index is 0.0172. The fourth-order valence-electron chi connectivity index (χ4n) is 8.10. The summed E-state index contributed by atoms with van der Waals surface area (Å²) >= 11 is 5.67. The van der Waals surface area contributed by atoms with Gasteiger partial charge in [0.05, 0.1) is 19.1 Å². The van der Waals surface area contributed by atoms with Gasteiger partial charge in [-0.25, -0.2) is 9.59 Å². The van der Waals surface area contributed by atoms with Gasteiger partial charge in [0.2, 0.25) is 6.08 Å². The van der Waals surface area contributed by atoms with Crippen molar-refractivity contribution >= 4 is 74.0 Å². The largest absolute Gasteiger partial charge is 0.500 e. The summed E-state index contributed by atoms with van der Waals surface area (Å²) in [6.07, 6.45) is 7.97. The molecule has 2 heterocycles. The minimum Gasteiger partial charge on any atom is -0.467 e. The van der Waals surface area contributed by atoms with Crippen molar-refractivity contribution in [2.24, 2.45) is 4.99 Å². The molecule has 2 amide bonds. The third kappa shape index (κ3) is 38.8. The number of urea groups is 1. The van der Waals surface area contributed by atoms with Gasteiger partial charge < -0.3 is 76.7 Å². The lowest BCUT2D eigenvalue weighted by molar-refractivity contribution is 0.0685. The standard InChI is InChI=1S/C27H56N2O8Si3.C18H43NO6Si2.C6H5NO2.C3H9ClSi/c1-10-32-39(33-11-2,34-12-3)23-17-20-28(21-18-24-40(35-13-4,36-14-5)37-15-6)27(30)29(38(7,8)9)25-26-19-16-22-31-26;1-7-20-26(21-8-2,22-9-3)17-13-15-19-16-14-18-27(23-10-4,24-11-5)25-12-6;8-5-7-4-6-2-1-3-9-6;1-5(2,3)4/h16,19,22H,10-15,17-18,20-21,23-25H2,1-9H3;19H,7-18H2,1-6H3;1-3H,4H2;1-3H3. The first-order valence-electron chi connectivity index (χ1n) is 29.8. The number of nitrogens with zero attached hydrogens (tertiary/aromatic N) is 3. The third-order valence-corrected chi connectivity index (χ3v) is 25.5. The minimum atomic E-state index is -2.82. The Morgan fingerprint density at radius 2 is 0.790 bits per heavy atom. The summed E-state index contributed by atoms with van der Waals surface area (Å²) in [6, 6.07) is 10.3. The molecule has 476 valence electrons. The zero-order chi connectivity index (χ0) is 61.5. The molecule has 81 heavy (non-hydrogen) atoms. The van der Waals surface area contributed by atoms with E-state index in [-0.39, 0.29) is 12.6 Å². The van der Waals surface area contributed by atoms with Crippen molar-refractivity contribution in [1.82, 2.24) is 14.8 Å². The van der Waals surface area contributed by atoms with Crippen molar-refractivity contribution in [2.45, 2.75) is 185 Å². The predicted octanol–water partition coefficient (Wildman–Crippen LogP) is 12.8. The summed E-state index contributed by atoms with van der Waals surface area (Å²) < 4.78 is 84.2. The van der Waals surface area contributed by atoms with Gasteiger partial charge in [0.15, 0.2) is 8.24 Å². The average molecular weight is 1280 g/mol. The number of isocyanates is 1. The van der Waals surface area contributed by atoms with Gasteiger partial charge in [-0.2, -0.15) is 16.1 Å². The predicted molar refractivity (Wildman–Crippen MR) is 337 cm³/mol. The van der Waals surface area contributed by atoms with Crippen molar-refractivity contribution in [3.63, 3.8) is 0 Å². The first-order chi connectivity index (χ1) is 38.6. The molecule has 2 aromatic heterocycles. The van der Waals surface area contributed by atoms with Crippen LogP contribution in [0.5, 0.6) is 0 Å². The van der Waals surface area contributed by atoms with Crippen molar-refractivity contribution < 1.29 is 71.5 Å². The van der Waals surface area contributed by atoms with Gasteiger partial charge in [-0.15, -0.1) is 0 Å². The fourth-order valence-corrected chi connectivity index (χ4v) is 19.9. The highest BCUT2D eigenvalue weighted by Gasteiger charge is 2.43. The maximum Gasteiger partial charge on any atom is 0.500 e. The summed E-state index contributed by atoms with van der Waals surface area (Å²) in [7, 11) is -13.9. The van der Waals surface area contributed by atoms with Gasteiger partial charge in [0.1, 0.15) is 25.4 Å². The molecule has 2 aromatic rings. The molecule has 1 N–H and O–H groups in total. The highest BCUT2D eigenvalue weighted by atomic mass is 35.6. The van der Waals surface area contributed by atoms with Crippen molar-refractivity contribution in [3.05, 3.63) is 48.3 Å². The van der Waals surface area contributed by atoms with Crippen LogP contribution < -0.4 is 5.32 Å². The number of carbonyl (C=O) groups excluding carboxylic acids is 2. The van der Waals surface area contributed by atoms with Crippen LogP contribution in [-0.2, 0) is 71.0 Å². The molecule has 0 atom stereocenters. The Kier molecular flexibility index (Phi) is 48.6. The topological polar surface area (TPSA) is 202 Å². The lowest BCUT2D eigenvalue weighted by Gasteiger charge is -2.38. The van der Waals surface area contributed by atoms with Crippen LogP contribution in [0.2, 0.25) is 63.5 Å². The zero-order valence-corrected chi connectivity index (χ0v) is 60.4. The van der Waals surface area contributed by atoms with Gasteiger partial charge >= 0.3 is 41.2 Å². The molecule has 0 aliphatic rings. The number of halogens is 1. The maximum atomic E-state index is 14.2. The second-order valence-corrected chi connectivity index (χ2v) is 43.1. The van der Waals surface area contributed by atoms with Crippen molar-refractivity contribution in [3.8, 4) is 0 Å². The van der Waals surface area contributed by atoms with Crippen LogP contribution in [0.1, 0.15) is 120 Å². The molecule has 0 bridgehead atoms. The van der Waals surface area contributed by atoms with E-state index in [1.54, 1.807) is 18.4 Å².